The number of aryl methyl sites for hydroxylation is 1. The molecular formula is C18H24N4O2. The second-order valence-corrected chi connectivity index (χ2v) is 6.47. The first-order chi connectivity index (χ1) is 11.5. The van der Waals surface area contributed by atoms with E-state index in [-0.39, 0.29) is 12.0 Å². The highest BCUT2D eigenvalue weighted by Crippen LogP contribution is 2.28. The van der Waals surface area contributed by atoms with Crippen molar-refractivity contribution >= 4 is 11.6 Å². The Labute approximate surface area is 142 Å². The van der Waals surface area contributed by atoms with E-state index in [9.17, 15) is 10.2 Å². The molecule has 4 atom stereocenters. The molecule has 128 valence electrons. The Balaban J connectivity index is 1.68. The number of nitrogens with one attached hydrogen (secondary N) is 2. The minimum Gasteiger partial charge on any atom is -0.390 e. The molecule has 6 nitrogen and oxygen atoms in total. The molecule has 1 saturated carbocycles. The van der Waals surface area contributed by atoms with E-state index in [0.29, 0.717) is 24.6 Å². The predicted octanol–water partition coefficient (Wildman–Crippen LogP) is 1.94. The molecule has 0 aliphatic heterocycles. The quantitative estimate of drug-likeness (QED) is 0.671. The van der Waals surface area contributed by atoms with Crippen molar-refractivity contribution in [2.45, 2.75) is 45.1 Å². The van der Waals surface area contributed by atoms with Crippen molar-refractivity contribution in [3.8, 4) is 0 Å². The molecule has 0 spiro atoms. The lowest BCUT2D eigenvalue weighted by atomic mass is 10.1. The smallest absolute Gasteiger partial charge is 0.132 e. The van der Waals surface area contributed by atoms with Crippen molar-refractivity contribution in [2.75, 3.05) is 10.6 Å². The van der Waals surface area contributed by atoms with Crippen molar-refractivity contribution < 1.29 is 10.2 Å². The summed E-state index contributed by atoms with van der Waals surface area (Å²) in [4.78, 5) is 8.78. The van der Waals surface area contributed by atoms with Gasteiger partial charge in [-0.2, -0.15) is 0 Å². The van der Waals surface area contributed by atoms with Crippen molar-refractivity contribution in [1.29, 1.82) is 0 Å². The fourth-order valence-electron chi connectivity index (χ4n) is 3.11. The van der Waals surface area contributed by atoms with Gasteiger partial charge < -0.3 is 20.8 Å². The SMILES string of the molecule is Cc1nc(NCc2ccccc2)cc(N[C@@H]2C[C@@H](C)[C@@H](O)[C@H]2O)n1. The van der Waals surface area contributed by atoms with Crippen LogP contribution in [0.5, 0.6) is 0 Å². The maximum atomic E-state index is 10.1. The molecule has 1 aromatic carbocycles. The normalized spacial score (nSPS) is 26.3. The molecule has 0 radical (unpaired) electrons. The summed E-state index contributed by atoms with van der Waals surface area (Å²) in [6.07, 6.45) is -0.768. The van der Waals surface area contributed by atoms with E-state index in [1.54, 1.807) is 0 Å². The van der Waals surface area contributed by atoms with Gasteiger partial charge in [-0.25, -0.2) is 9.97 Å². The summed E-state index contributed by atoms with van der Waals surface area (Å²) in [7, 11) is 0. The average Bonchev–Trinajstić information content (AvgIpc) is 2.80. The van der Waals surface area contributed by atoms with E-state index < -0.39 is 12.2 Å². The summed E-state index contributed by atoms with van der Waals surface area (Å²) in [5.41, 5.74) is 1.17. The first-order valence-electron chi connectivity index (χ1n) is 8.29. The van der Waals surface area contributed by atoms with E-state index in [2.05, 4.69) is 32.7 Å². The predicted molar refractivity (Wildman–Crippen MR) is 93.7 cm³/mol. The third-order valence-corrected chi connectivity index (χ3v) is 4.46. The van der Waals surface area contributed by atoms with Gasteiger partial charge in [0.25, 0.3) is 0 Å². The van der Waals surface area contributed by atoms with Crippen LogP contribution in [0.25, 0.3) is 0 Å². The maximum Gasteiger partial charge on any atom is 0.132 e. The van der Waals surface area contributed by atoms with Gasteiger partial charge in [0.2, 0.25) is 0 Å². The molecule has 4 N–H and O–H groups in total. The summed E-state index contributed by atoms with van der Waals surface area (Å²) < 4.78 is 0. The fourth-order valence-corrected chi connectivity index (χ4v) is 3.11. The number of aliphatic hydroxyl groups is 2. The maximum absolute atomic E-state index is 10.1. The molecule has 1 aliphatic rings. The lowest BCUT2D eigenvalue weighted by Gasteiger charge is -2.19. The first-order valence-corrected chi connectivity index (χ1v) is 8.29. The summed E-state index contributed by atoms with van der Waals surface area (Å²) >= 11 is 0. The number of hydrogen-bond acceptors (Lipinski definition) is 6. The standard InChI is InChI=1S/C18H24N4O2/c1-11-8-14(18(24)17(11)23)22-16-9-15(20-12(2)21-16)19-10-13-6-4-3-5-7-13/h3-7,9,11,14,17-18,23-24H,8,10H2,1-2H3,(H2,19,20,21,22)/t11-,14-,17-,18+/m1/s1. The third kappa shape index (κ3) is 3.83. The van der Waals surface area contributed by atoms with Gasteiger partial charge in [-0.1, -0.05) is 37.3 Å². The minimum absolute atomic E-state index is 0.0658. The summed E-state index contributed by atoms with van der Waals surface area (Å²) in [5.74, 6) is 2.10. The van der Waals surface area contributed by atoms with Crippen LogP contribution in [0.1, 0.15) is 24.7 Å². The van der Waals surface area contributed by atoms with Crippen LogP contribution < -0.4 is 10.6 Å². The van der Waals surface area contributed by atoms with Crippen LogP contribution in [0.15, 0.2) is 36.4 Å². The van der Waals surface area contributed by atoms with E-state index in [4.69, 9.17) is 0 Å². The number of nitrogens with zero attached hydrogens (tertiary/aromatic N) is 2. The molecule has 0 amide bonds. The molecule has 24 heavy (non-hydrogen) atoms. The van der Waals surface area contributed by atoms with Gasteiger partial charge in [-0.05, 0) is 24.8 Å². The molecule has 1 aromatic heterocycles. The number of hydrogen-bond donors (Lipinski definition) is 4. The van der Waals surface area contributed by atoms with Gasteiger partial charge in [0, 0.05) is 12.6 Å². The number of aromatic nitrogens is 2. The van der Waals surface area contributed by atoms with Crippen LogP contribution >= 0.6 is 0 Å². The Kier molecular flexibility index (Phi) is 4.97. The van der Waals surface area contributed by atoms with Crippen molar-refractivity contribution in [3.63, 3.8) is 0 Å². The van der Waals surface area contributed by atoms with Crippen LogP contribution in [-0.2, 0) is 6.54 Å². The number of benzene rings is 1. The first kappa shape index (κ1) is 16.7. The van der Waals surface area contributed by atoms with Crippen LogP contribution in [-0.4, -0.2) is 38.4 Å². The minimum atomic E-state index is -0.781. The van der Waals surface area contributed by atoms with Crippen LogP contribution in [0.2, 0.25) is 0 Å². The monoisotopic (exact) mass is 328 g/mol. The van der Waals surface area contributed by atoms with E-state index in [1.165, 1.54) is 5.56 Å². The zero-order valence-electron chi connectivity index (χ0n) is 14.0. The Hall–Kier alpha value is -2.18. The molecule has 6 heteroatoms. The lowest BCUT2D eigenvalue weighted by Crippen LogP contribution is -2.35. The summed E-state index contributed by atoms with van der Waals surface area (Å²) in [5, 5.41) is 26.5. The Morgan fingerprint density at radius 2 is 1.79 bits per heavy atom. The van der Waals surface area contributed by atoms with Crippen LogP contribution in [0, 0.1) is 12.8 Å². The van der Waals surface area contributed by atoms with E-state index >= 15 is 0 Å². The number of aliphatic hydroxyl groups excluding tert-OH is 2. The Morgan fingerprint density at radius 1 is 1.08 bits per heavy atom. The Bertz CT molecular complexity index is 680. The van der Waals surface area contributed by atoms with Crippen LogP contribution in [0.4, 0.5) is 11.6 Å². The molecular weight excluding hydrogens is 304 g/mol. The molecule has 3 rings (SSSR count). The molecule has 0 saturated heterocycles. The molecule has 1 heterocycles. The zero-order valence-corrected chi connectivity index (χ0v) is 14.0. The largest absolute Gasteiger partial charge is 0.390 e. The zero-order chi connectivity index (χ0) is 17.1. The second-order valence-electron chi connectivity index (χ2n) is 6.47. The van der Waals surface area contributed by atoms with E-state index in [0.717, 1.165) is 5.82 Å². The van der Waals surface area contributed by atoms with Gasteiger partial charge in [0.05, 0.1) is 12.1 Å². The fraction of sp³-hybridized carbons (Fsp3) is 0.444. The van der Waals surface area contributed by atoms with E-state index in [1.807, 2.05) is 38.1 Å². The number of anilines is 2. The van der Waals surface area contributed by atoms with Crippen molar-refractivity contribution in [1.82, 2.24) is 9.97 Å². The topological polar surface area (TPSA) is 90.3 Å². The molecule has 0 bridgehead atoms. The summed E-state index contributed by atoms with van der Waals surface area (Å²) in [6, 6.07) is 11.7. The van der Waals surface area contributed by atoms with Gasteiger partial charge in [-0.15, -0.1) is 0 Å². The van der Waals surface area contributed by atoms with Gasteiger partial charge in [-0.3, -0.25) is 0 Å². The summed E-state index contributed by atoms with van der Waals surface area (Å²) in [6.45, 7) is 4.45. The molecule has 0 unspecified atom stereocenters. The van der Waals surface area contributed by atoms with Gasteiger partial charge in [0.1, 0.15) is 23.6 Å². The van der Waals surface area contributed by atoms with Crippen molar-refractivity contribution in [3.05, 3.63) is 47.8 Å². The molecule has 1 fully saturated rings. The Morgan fingerprint density at radius 3 is 2.46 bits per heavy atom. The van der Waals surface area contributed by atoms with Crippen molar-refractivity contribution in [2.24, 2.45) is 5.92 Å². The second kappa shape index (κ2) is 7.15. The molecule has 1 aliphatic carbocycles. The highest BCUT2D eigenvalue weighted by Gasteiger charge is 2.39. The molecule has 2 aromatic rings. The van der Waals surface area contributed by atoms with Gasteiger partial charge in [0.15, 0.2) is 0 Å². The highest BCUT2D eigenvalue weighted by molar-refractivity contribution is 5.48. The lowest BCUT2D eigenvalue weighted by molar-refractivity contribution is 0.0210. The van der Waals surface area contributed by atoms with Crippen LogP contribution in [0.3, 0.4) is 0 Å². The number of rotatable bonds is 5. The third-order valence-electron chi connectivity index (χ3n) is 4.46. The highest BCUT2D eigenvalue weighted by atomic mass is 16.3. The van der Waals surface area contributed by atoms with Gasteiger partial charge >= 0.3 is 0 Å². The average molecular weight is 328 g/mol.